The standard InChI is InChI=1S/C56H52N2/c1-7-55(37-33-53(34-38-55)57(49-25-9-41(3)10-26-49)50-27-11-42(4)12-28-50)47-21-17-45(18-22-47)46-19-23-48(24-20-46)56(8-2)39-35-54(36-40-56)58(51-29-13-43(5)14-30-51)52-31-15-44(6)16-32-52/h7-37,39H,1-2,38,40H2,3-6H3. The largest absolute Gasteiger partial charge is 0.311 e. The fourth-order valence-electron chi connectivity index (χ4n) is 8.20. The van der Waals surface area contributed by atoms with Crippen molar-refractivity contribution in [3.05, 3.63) is 252 Å². The molecular weight excluding hydrogens is 701 g/mol. The molecule has 0 heterocycles. The molecule has 0 bridgehead atoms. The van der Waals surface area contributed by atoms with Crippen LogP contribution in [0.4, 0.5) is 22.7 Å². The number of aryl methyl sites for hydroxylation is 4. The SMILES string of the molecule is C=CC1(c2ccc(-c3ccc(C4(C=C)C=CC(N(c5ccc(C)cc5)c5ccc(C)cc5)=CC4)cc3)cc2)C=CC(N(c2ccc(C)cc2)c2ccc(C)cc2)=CC1. The molecule has 2 atom stereocenters. The predicted octanol–water partition coefficient (Wildman–Crippen LogP) is 14.8. The van der Waals surface area contributed by atoms with E-state index in [2.05, 4.69) is 245 Å². The number of nitrogens with zero attached hydrogens (tertiary/aromatic N) is 2. The minimum atomic E-state index is -0.289. The fourth-order valence-corrected chi connectivity index (χ4v) is 8.20. The Balaban J connectivity index is 0.999. The van der Waals surface area contributed by atoms with Crippen molar-refractivity contribution in [3.8, 4) is 11.1 Å². The lowest BCUT2D eigenvalue weighted by Crippen LogP contribution is -2.25. The van der Waals surface area contributed by atoms with Crippen LogP contribution in [0.25, 0.3) is 11.1 Å². The van der Waals surface area contributed by atoms with Crippen LogP contribution in [0, 0.1) is 27.7 Å². The predicted molar refractivity (Wildman–Crippen MR) is 248 cm³/mol. The van der Waals surface area contributed by atoms with Crippen molar-refractivity contribution in [1.29, 1.82) is 0 Å². The Labute approximate surface area is 345 Å². The second-order valence-corrected chi connectivity index (χ2v) is 16.0. The normalized spacial score (nSPS) is 18.6. The van der Waals surface area contributed by atoms with Gasteiger partial charge in [-0.3, -0.25) is 0 Å². The van der Waals surface area contributed by atoms with Gasteiger partial charge in [0.05, 0.1) is 0 Å². The summed E-state index contributed by atoms with van der Waals surface area (Å²) in [5.41, 5.74) is 16.2. The third kappa shape index (κ3) is 7.59. The number of benzene rings is 6. The smallest absolute Gasteiger partial charge is 0.0461 e. The highest BCUT2D eigenvalue weighted by atomic mass is 15.2. The molecule has 286 valence electrons. The average molecular weight is 753 g/mol. The summed E-state index contributed by atoms with van der Waals surface area (Å²) >= 11 is 0. The van der Waals surface area contributed by atoms with E-state index in [1.54, 1.807) is 0 Å². The molecule has 0 aliphatic heterocycles. The molecule has 2 unspecified atom stereocenters. The van der Waals surface area contributed by atoms with Gasteiger partial charge in [0.25, 0.3) is 0 Å². The molecule has 0 radical (unpaired) electrons. The number of hydrogen-bond acceptors (Lipinski definition) is 2. The van der Waals surface area contributed by atoms with Crippen LogP contribution in [-0.2, 0) is 10.8 Å². The summed E-state index contributed by atoms with van der Waals surface area (Å²) in [5, 5.41) is 0. The summed E-state index contributed by atoms with van der Waals surface area (Å²) in [7, 11) is 0. The number of hydrogen-bond donors (Lipinski definition) is 0. The monoisotopic (exact) mass is 752 g/mol. The zero-order valence-corrected chi connectivity index (χ0v) is 34.2. The number of rotatable bonds is 11. The van der Waals surface area contributed by atoms with Crippen LogP contribution in [0.15, 0.2) is 219 Å². The molecule has 0 saturated heterocycles. The number of anilines is 4. The Morgan fingerprint density at radius 1 is 0.397 bits per heavy atom. The Hall–Kier alpha value is -6.64. The van der Waals surface area contributed by atoms with Crippen LogP contribution in [0.1, 0.15) is 46.2 Å². The van der Waals surface area contributed by atoms with Crippen LogP contribution in [0.2, 0.25) is 0 Å². The van der Waals surface area contributed by atoms with Crippen molar-refractivity contribution in [2.45, 2.75) is 51.4 Å². The minimum Gasteiger partial charge on any atom is -0.311 e. The molecule has 2 nitrogen and oxygen atoms in total. The molecule has 58 heavy (non-hydrogen) atoms. The molecule has 0 aromatic heterocycles. The maximum absolute atomic E-state index is 4.32. The second-order valence-electron chi connectivity index (χ2n) is 16.0. The maximum atomic E-state index is 4.32. The van der Waals surface area contributed by atoms with Crippen molar-refractivity contribution in [1.82, 2.24) is 0 Å². The first kappa shape index (κ1) is 38.2. The van der Waals surface area contributed by atoms with Gasteiger partial charge in [0.2, 0.25) is 0 Å². The van der Waals surface area contributed by atoms with E-state index in [0.29, 0.717) is 0 Å². The van der Waals surface area contributed by atoms with Gasteiger partial charge in [-0.25, -0.2) is 0 Å². The molecule has 0 spiro atoms. The van der Waals surface area contributed by atoms with Gasteiger partial charge in [0.1, 0.15) is 0 Å². The Bertz CT molecular complexity index is 2260. The van der Waals surface area contributed by atoms with Crippen LogP contribution in [0.3, 0.4) is 0 Å². The summed E-state index contributed by atoms with van der Waals surface area (Å²) in [6.45, 7) is 17.2. The van der Waals surface area contributed by atoms with E-state index in [0.717, 1.165) is 47.0 Å². The molecule has 2 aliphatic carbocycles. The van der Waals surface area contributed by atoms with Gasteiger partial charge >= 0.3 is 0 Å². The molecule has 0 saturated carbocycles. The van der Waals surface area contributed by atoms with Crippen molar-refractivity contribution in [2.24, 2.45) is 0 Å². The highest BCUT2D eigenvalue weighted by Crippen LogP contribution is 2.42. The van der Waals surface area contributed by atoms with E-state index < -0.39 is 0 Å². The Kier molecular flexibility index (Phi) is 10.6. The Morgan fingerprint density at radius 2 is 0.672 bits per heavy atom. The van der Waals surface area contributed by atoms with Gasteiger partial charge in [-0.15, -0.1) is 13.2 Å². The van der Waals surface area contributed by atoms with Crippen LogP contribution in [-0.4, -0.2) is 0 Å². The van der Waals surface area contributed by atoms with E-state index in [9.17, 15) is 0 Å². The lowest BCUT2D eigenvalue weighted by Gasteiger charge is -2.34. The molecule has 2 heteroatoms. The third-order valence-corrected chi connectivity index (χ3v) is 12.0. The molecule has 0 fully saturated rings. The van der Waals surface area contributed by atoms with E-state index >= 15 is 0 Å². The zero-order chi connectivity index (χ0) is 40.3. The fraction of sp³-hybridized carbons (Fsp3) is 0.143. The van der Waals surface area contributed by atoms with E-state index in [1.807, 2.05) is 0 Å². The summed E-state index contributed by atoms with van der Waals surface area (Å²) in [4.78, 5) is 4.69. The van der Waals surface area contributed by atoms with E-state index in [1.165, 1.54) is 44.5 Å². The van der Waals surface area contributed by atoms with Crippen molar-refractivity contribution in [2.75, 3.05) is 9.80 Å². The summed E-state index contributed by atoms with van der Waals surface area (Å²) < 4.78 is 0. The zero-order valence-electron chi connectivity index (χ0n) is 34.2. The van der Waals surface area contributed by atoms with Crippen LogP contribution >= 0.6 is 0 Å². The Morgan fingerprint density at radius 3 is 0.897 bits per heavy atom. The first-order valence-electron chi connectivity index (χ1n) is 20.3. The number of allylic oxidation sites excluding steroid dienone is 8. The first-order chi connectivity index (χ1) is 28.2. The van der Waals surface area contributed by atoms with Crippen molar-refractivity contribution >= 4 is 22.7 Å². The molecule has 0 N–H and O–H groups in total. The van der Waals surface area contributed by atoms with Gasteiger partial charge < -0.3 is 9.80 Å². The second kappa shape index (κ2) is 16.1. The lowest BCUT2D eigenvalue weighted by atomic mass is 9.74. The van der Waals surface area contributed by atoms with Crippen LogP contribution in [0.5, 0.6) is 0 Å². The average Bonchev–Trinajstić information content (AvgIpc) is 3.27. The van der Waals surface area contributed by atoms with Gasteiger partial charge in [0.15, 0.2) is 0 Å². The molecule has 8 rings (SSSR count). The first-order valence-corrected chi connectivity index (χ1v) is 20.3. The van der Waals surface area contributed by atoms with E-state index in [4.69, 9.17) is 0 Å². The van der Waals surface area contributed by atoms with Crippen LogP contribution < -0.4 is 9.80 Å². The molecular formula is C56H52N2. The van der Waals surface area contributed by atoms with Gasteiger partial charge in [-0.05, 0) is 123 Å². The topological polar surface area (TPSA) is 6.48 Å². The summed E-state index contributed by atoms with van der Waals surface area (Å²) in [5.74, 6) is 0. The third-order valence-electron chi connectivity index (χ3n) is 12.0. The molecule has 2 aliphatic rings. The van der Waals surface area contributed by atoms with Gasteiger partial charge in [0, 0.05) is 45.0 Å². The molecule has 6 aromatic carbocycles. The quantitative estimate of drug-likeness (QED) is 0.122. The highest BCUT2D eigenvalue weighted by molar-refractivity contribution is 5.73. The van der Waals surface area contributed by atoms with E-state index in [-0.39, 0.29) is 10.8 Å². The summed E-state index contributed by atoms with van der Waals surface area (Å²) in [6, 6.07) is 53.1. The molecule has 0 amide bonds. The maximum Gasteiger partial charge on any atom is 0.0461 e. The lowest BCUT2D eigenvalue weighted by molar-refractivity contribution is 0.670. The summed E-state index contributed by atoms with van der Waals surface area (Å²) in [6.07, 6.45) is 19.7. The minimum absolute atomic E-state index is 0.289. The van der Waals surface area contributed by atoms with Crippen molar-refractivity contribution < 1.29 is 0 Å². The van der Waals surface area contributed by atoms with Gasteiger partial charge in [-0.2, -0.15) is 0 Å². The molecule has 6 aromatic rings. The highest BCUT2D eigenvalue weighted by Gasteiger charge is 2.30. The van der Waals surface area contributed by atoms with Gasteiger partial charge in [-0.1, -0.05) is 156 Å². The van der Waals surface area contributed by atoms with Crippen molar-refractivity contribution in [3.63, 3.8) is 0 Å².